The van der Waals surface area contributed by atoms with E-state index in [4.69, 9.17) is 20.8 Å². The molecule has 2 aliphatic rings. The van der Waals surface area contributed by atoms with Gasteiger partial charge in [-0.3, -0.25) is 14.9 Å². The number of benzene rings is 1. The first-order valence-electron chi connectivity index (χ1n) is 12.9. The molecule has 0 spiro atoms. The Labute approximate surface area is 231 Å². The van der Waals surface area contributed by atoms with Gasteiger partial charge >= 0.3 is 11.9 Å². The Morgan fingerprint density at radius 3 is 2.72 bits per heavy atom. The zero-order valence-corrected chi connectivity index (χ0v) is 23.9. The van der Waals surface area contributed by atoms with E-state index in [0.717, 1.165) is 0 Å². The van der Waals surface area contributed by atoms with Crippen LogP contribution in [-0.2, 0) is 32.5 Å². The molecule has 1 aromatic carbocycles. The van der Waals surface area contributed by atoms with Crippen LogP contribution in [0.4, 0.5) is 0 Å². The molecule has 2 unspecified atom stereocenters. The van der Waals surface area contributed by atoms with Gasteiger partial charge in [0.15, 0.2) is 0 Å². The van der Waals surface area contributed by atoms with E-state index in [-0.39, 0.29) is 55.5 Å². The van der Waals surface area contributed by atoms with Gasteiger partial charge in [0.2, 0.25) is 0 Å². The van der Waals surface area contributed by atoms with Crippen molar-refractivity contribution in [1.29, 1.82) is 0 Å². The SMILES string of the molecule is CCC1CN(S(=O)(=O)c2cc3cc(Cl)ccc3[nH]2)CCN1C(=O)c1nc2c(o1)CNC(C(=O)OC(C)(C)C)C2. The molecule has 39 heavy (non-hydrogen) atoms. The Morgan fingerprint density at radius 2 is 2.00 bits per heavy atom. The van der Waals surface area contributed by atoms with E-state index in [0.29, 0.717) is 33.8 Å². The Balaban J connectivity index is 1.29. The van der Waals surface area contributed by atoms with Crippen LogP contribution in [0.2, 0.25) is 5.02 Å². The summed E-state index contributed by atoms with van der Waals surface area (Å²) in [6.45, 7) is 8.02. The Morgan fingerprint density at radius 1 is 1.23 bits per heavy atom. The Bertz CT molecular complexity index is 1530. The number of rotatable bonds is 5. The maximum absolute atomic E-state index is 13.4. The van der Waals surface area contributed by atoms with Crippen molar-refractivity contribution in [3.05, 3.63) is 46.6 Å². The highest BCUT2D eigenvalue weighted by molar-refractivity contribution is 7.89. The molecule has 1 saturated heterocycles. The third-order valence-corrected chi connectivity index (χ3v) is 8.93. The number of hydrogen-bond acceptors (Lipinski definition) is 8. The van der Waals surface area contributed by atoms with Crippen LogP contribution in [0.25, 0.3) is 10.9 Å². The third-order valence-electron chi connectivity index (χ3n) is 6.91. The van der Waals surface area contributed by atoms with Gasteiger partial charge in [0, 0.05) is 48.0 Å². The standard InChI is InChI=1S/C26H32ClN5O6S/c1-5-17-14-31(39(35,36)22-11-15-10-16(27)6-7-18(15)29-22)8-9-32(17)24(33)23-30-19-12-20(28-13-21(19)37-23)25(34)38-26(2,3)4/h6-7,10-11,17,20,28-29H,5,8-9,12-14H2,1-4H3. The summed E-state index contributed by atoms with van der Waals surface area (Å²) in [5.74, 6) is -0.340. The number of carbonyl (C=O) groups is 2. The smallest absolute Gasteiger partial charge is 0.324 e. The first-order valence-corrected chi connectivity index (χ1v) is 14.7. The van der Waals surface area contributed by atoms with E-state index >= 15 is 0 Å². The predicted molar refractivity (Wildman–Crippen MR) is 144 cm³/mol. The monoisotopic (exact) mass is 577 g/mol. The van der Waals surface area contributed by atoms with Crippen LogP contribution < -0.4 is 5.32 Å². The largest absolute Gasteiger partial charge is 0.459 e. The first-order chi connectivity index (χ1) is 18.4. The summed E-state index contributed by atoms with van der Waals surface area (Å²) in [6, 6.07) is 5.77. The van der Waals surface area contributed by atoms with Crippen LogP contribution in [0.3, 0.4) is 0 Å². The number of ether oxygens (including phenoxy) is 1. The number of nitrogens with zero attached hydrogens (tertiary/aromatic N) is 3. The van der Waals surface area contributed by atoms with Gasteiger partial charge in [0.05, 0.1) is 12.2 Å². The molecule has 0 aliphatic carbocycles. The predicted octanol–water partition coefficient (Wildman–Crippen LogP) is 3.09. The van der Waals surface area contributed by atoms with Crippen LogP contribution >= 0.6 is 11.6 Å². The van der Waals surface area contributed by atoms with Crippen molar-refractivity contribution < 1.29 is 27.2 Å². The molecule has 13 heteroatoms. The van der Waals surface area contributed by atoms with Crippen molar-refractivity contribution in [2.45, 2.75) is 69.8 Å². The molecule has 0 saturated carbocycles. The minimum absolute atomic E-state index is 0.0612. The number of hydrogen-bond donors (Lipinski definition) is 2. The lowest BCUT2D eigenvalue weighted by Crippen LogP contribution is -2.56. The molecule has 1 fully saturated rings. The molecule has 2 aliphatic heterocycles. The van der Waals surface area contributed by atoms with Gasteiger partial charge in [-0.25, -0.2) is 13.4 Å². The van der Waals surface area contributed by atoms with Gasteiger partial charge in [0.1, 0.15) is 22.4 Å². The molecule has 3 aromatic rings. The molecule has 2 N–H and O–H groups in total. The van der Waals surface area contributed by atoms with Gasteiger partial charge in [-0.05, 0) is 51.5 Å². The van der Waals surface area contributed by atoms with Crippen molar-refractivity contribution in [3.63, 3.8) is 0 Å². The highest BCUT2D eigenvalue weighted by Gasteiger charge is 2.39. The molecule has 210 valence electrons. The summed E-state index contributed by atoms with van der Waals surface area (Å²) >= 11 is 6.05. The number of esters is 1. The number of nitrogens with one attached hydrogen (secondary N) is 2. The van der Waals surface area contributed by atoms with Crippen LogP contribution in [-0.4, -0.2) is 76.8 Å². The quantitative estimate of drug-likeness (QED) is 0.441. The highest BCUT2D eigenvalue weighted by Crippen LogP contribution is 2.27. The van der Waals surface area contributed by atoms with Crippen molar-refractivity contribution in [3.8, 4) is 0 Å². The van der Waals surface area contributed by atoms with E-state index in [1.165, 1.54) is 4.31 Å². The fraction of sp³-hybridized carbons (Fsp3) is 0.500. The van der Waals surface area contributed by atoms with Gasteiger partial charge in [-0.1, -0.05) is 18.5 Å². The second kappa shape index (κ2) is 10.2. The van der Waals surface area contributed by atoms with Gasteiger partial charge in [-0.2, -0.15) is 4.31 Å². The zero-order chi connectivity index (χ0) is 28.1. The van der Waals surface area contributed by atoms with Crippen molar-refractivity contribution >= 4 is 44.4 Å². The van der Waals surface area contributed by atoms with Crippen LogP contribution in [0.5, 0.6) is 0 Å². The van der Waals surface area contributed by atoms with Crippen LogP contribution in [0, 0.1) is 0 Å². The van der Waals surface area contributed by atoms with E-state index in [1.807, 2.05) is 6.92 Å². The number of fused-ring (bicyclic) bond motifs is 2. The zero-order valence-electron chi connectivity index (χ0n) is 22.3. The maximum atomic E-state index is 13.4. The second-order valence-electron chi connectivity index (χ2n) is 10.8. The number of aromatic nitrogens is 2. The number of halogens is 1. The number of oxazole rings is 1. The molecular formula is C26H32ClN5O6S. The topological polar surface area (TPSA) is 138 Å². The van der Waals surface area contributed by atoms with Gasteiger partial charge in [0.25, 0.3) is 15.9 Å². The lowest BCUT2D eigenvalue weighted by molar-refractivity contribution is -0.157. The molecule has 1 amide bonds. The summed E-state index contributed by atoms with van der Waals surface area (Å²) < 4.78 is 39.5. The number of piperazine rings is 1. The van der Waals surface area contributed by atoms with Crippen molar-refractivity contribution in [1.82, 2.24) is 24.5 Å². The summed E-state index contributed by atoms with van der Waals surface area (Å²) in [5.41, 5.74) is 0.604. The second-order valence-corrected chi connectivity index (χ2v) is 13.2. The molecule has 5 rings (SSSR count). The van der Waals surface area contributed by atoms with E-state index < -0.39 is 27.6 Å². The Kier molecular flexibility index (Phi) is 7.25. The van der Waals surface area contributed by atoms with E-state index in [2.05, 4.69) is 15.3 Å². The Hall–Kier alpha value is -2.93. The molecule has 0 radical (unpaired) electrons. The summed E-state index contributed by atoms with van der Waals surface area (Å²) in [6.07, 6.45) is 0.794. The third kappa shape index (κ3) is 5.56. The highest BCUT2D eigenvalue weighted by atomic mass is 35.5. The minimum atomic E-state index is -3.82. The molecular weight excluding hydrogens is 546 g/mol. The summed E-state index contributed by atoms with van der Waals surface area (Å²) in [5, 5.41) is 4.40. The van der Waals surface area contributed by atoms with E-state index in [1.54, 1.807) is 49.9 Å². The normalized spacial score (nSPS) is 20.7. The maximum Gasteiger partial charge on any atom is 0.324 e. The number of H-pyrrole nitrogens is 1. The number of carbonyl (C=O) groups excluding carboxylic acids is 2. The average Bonchev–Trinajstić information content (AvgIpc) is 3.50. The fourth-order valence-corrected chi connectivity index (χ4v) is 6.60. The number of sulfonamides is 1. The average molecular weight is 578 g/mol. The molecule has 2 aromatic heterocycles. The first kappa shape index (κ1) is 27.6. The fourth-order valence-electron chi connectivity index (χ4n) is 4.93. The molecule has 11 nitrogen and oxygen atoms in total. The van der Waals surface area contributed by atoms with Crippen LogP contribution in [0.1, 0.15) is 56.3 Å². The van der Waals surface area contributed by atoms with Crippen molar-refractivity contribution in [2.75, 3.05) is 19.6 Å². The number of amides is 1. The summed E-state index contributed by atoms with van der Waals surface area (Å²) in [4.78, 5) is 34.9. The molecule has 4 heterocycles. The van der Waals surface area contributed by atoms with Gasteiger partial charge < -0.3 is 19.0 Å². The molecule has 0 bridgehead atoms. The lowest BCUT2D eigenvalue weighted by Gasteiger charge is -2.39. The van der Waals surface area contributed by atoms with E-state index in [9.17, 15) is 18.0 Å². The summed E-state index contributed by atoms with van der Waals surface area (Å²) in [7, 11) is -3.82. The molecule has 2 atom stereocenters. The van der Waals surface area contributed by atoms with Crippen molar-refractivity contribution in [2.24, 2.45) is 0 Å². The van der Waals surface area contributed by atoms with Gasteiger partial charge in [-0.15, -0.1) is 0 Å². The number of aromatic amines is 1. The van der Waals surface area contributed by atoms with Crippen LogP contribution in [0.15, 0.2) is 33.7 Å². The lowest BCUT2D eigenvalue weighted by atomic mass is 10.1. The minimum Gasteiger partial charge on any atom is -0.459 e.